The molecule has 1 atom stereocenters. The average molecular weight is 421 g/mol. The Bertz CT molecular complexity index is 888. The first-order valence-electron chi connectivity index (χ1n) is 9.99. The first-order valence-corrected chi connectivity index (χ1v) is 11.4. The van der Waals surface area contributed by atoms with Crippen LogP contribution in [-0.4, -0.2) is 27.4 Å². The Balaban J connectivity index is 2.23. The van der Waals surface area contributed by atoms with Crippen molar-refractivity contribution in [1.29, 1.82) is 0 Å². The summed E-state index contributed by atoms with van der Waals surface area (Å²) in [6.07, 6.45) is 4.10. The van der Waals surface area contributed by atoms with Gasteiger partial charge in [-0.2, -0.15) is 0 Å². The van der Waals surface area contributed by atoms with Crippen molar-refractivity contribution in [2.75, 3.05) is 17.4 Å². The molecule has 2 aromatic rings. The number of halogens is 1. The Kier molecular flexibility index (Phi) is 8.64. The van der Waals surface area contributed by atoms with Gasteiger partial charge in [0.25, 0.3) is 10.0 Å². The molecule has 0 aliphatic rings. The molecule has 29 heavy (non-hydrogen) atoms. The van der Waals surface area contributed by atoms with Crippen molar-refractivity contribution in [2.24, 2.45) is 5.92 Å². The minimum Gasteiger partial charge on any atom is -0.354 e. The highest BCUT2D eigenvalue weighted by molar-refractivity contribution is 7.92. The van der Waals surface area contributed by atoms with Gasteiger partial charge in [0.05, 0.1) is 10.6 Å². The third-order valence-corrected chi connectivity index (χ3v) is 6.64. The van der Waals surface area contributed by atoms with E-state index < -0.39 is 28.3 Å². The summed E-state index contributed by atoms with van der Waals surface area (Å²) in [5, 5.41) is 2.82. The summed E-state index contributed by atoms with van der Waals surface area (Å²) in [6.45, 7) is 4.18. The van der Waals surface area contributed by atoms with Gasteiger partial charge >= 0.3 is 0 Å². The number of para-hydroxylation sites is 1. The van der Waals surface area contributed by atoms with Crippen molar-refractivity contribution in [2.45, 2.75) is 44.4 Å². The number of nitrogens with one attached hydrogen (secondary N) is 1. The standard InChI is InChI=1S/C22H29FN2O3S/c1-3-5-11-18(4-2)16-24-22(26)17-25(21-15-10-9-14-20(21)23)29(27,28)19-12-7-6-8-13-19/h6-10,12-15,18H,3-5,11,16-17H2,1-2H3,(H,24,26)/t18-/m0/s1. The summed E-state index contributed by atoms with van der Waals surface area (Å²) < 4.78 is 41.5. The van der Waals surface area contributed by atoms with Crippen molar-refractivity contribution in [3.8, 4) is 0 Å². The average Bonchev–Trinajstić information content (AvgIpc) is 2.73. The van der Waals surface area contributed by atoms with Crippen LogP contribution in [0.1, 0.15) is 39.5 Å². The Labute approximate surface area is 173 Å². The summed E-state index contributed by atoms with van der Waals surface area (Å²) in [5.41, 5.74) is -0.149. The maximum atomic E-state index is 14.4. The van der Waals surface area contributed by atoms with Gasteiger partial charge < -0.3 is 5.32 Å². The number of benzene rings is 2. The minimum absolute atomic E-state index is 0.00503. The zero-order valence-electron chi connectivity index (χ0n) is 17.0. The summed E-state index contributed by atoms with van der Waals surface area (Å²) in [4.78, 5) is 12.6. The molecule has 0 bridgehead atoms. The van der Waals surface area contributed by atoms with E-state index in [1.807, 2.05) is 0 Å². The van der Waals surface area contributed by atoms with Gasteiger partial charge in [0.15, 0.2) is 0 Å². The fourth-order valence-electron chi connectivity index (χ4n) is 3.06. The number of unbranched alkanes of at least 4 members (excludes halogenated alkanes) is 1. The van der Waals surface area contributed by atoms with Crippen LogP contribution >= 0.6 is 0 Å². The number of hydrogen-bond donors (Lipinski definition) is 1. The molecule has 7 heteroatoms. The molecule has 5 nitrogen and oxygen atoms in total. The van der Waals surface area contributed by atoms with Gasteiger partial charge in [-0.15, -0.1) is 0 Å². The molecule has 2 aromatic carbocycles. The number of carbonyl (C=O) groups excluding carboxylic acids is 1. The molecular weight excluding hydrogens is 391 g/mol. The maximum absolute atomic E-state index is 14.4. The summed E-state index contributed by atoms with van der Waals surface area (Å²) in [6, 6.07) is 13.3. The van der Waals surface area contributed by atoms with E-state index in [2.05, 4.69) is 19.2 Å². The topological polar surface area (TPSA) is 66.5 Å². The quantitative estimate of drug-likeness (QED) is 0.588. The first kappa shape index (κ1) is 22.9. The molecule has 0 aliphatic carbocycles. The van der Waals surface area contributed by atoms with Crippen LogP contribution in [0.5, 0.6) is 0 Å². The van der Waals surface area contributed by atoms with Gasteiger partial charge in [0, 0.05) is 6.54 Å². The van der Waals surface area contributed by atoms with Crippen LogP contribution in [0.4, 0.5) is 10.1 Å². The summed E-state index contributed by atoms with van der Waals surface area (Å²) >= 11 is 0. The van der Waals surface area contributed by atoms with Crippen LogP contribution in [0.15, 0.2) is 59.5 Å². The number of rotatable bonds is 11. The zero-order chi connectivity index (χ0) is 21.3. The lowest BCUT2D eigenvalue weighted by atomic mass is 9.99. The Hall–Kier alpha value is -2.41. The van der Waals surface area contributed by atoms with Crippen molar-refractivity contribution >= 4 is 21.6 Å². The molecule has 158 valence electrons. The molecule has 0 fully saturated rings. The Morgan fingerprint density at radius 3 is 2.34 bits per heavy atom. The van der Waals surface area contributed by atoms with E-state index in [1.165, 1.54) is 30.3 Å². The second kappa shape index (κ2) is 11.0. The minimum atomic E-state index is -4.10. The second-order valence-electron chi connectivity index (χ2n) is 7.00. The highest BCUT2D eigenvalue weighted by atomic mass is 32.2. The fourth-order valence-corrected chi connectivity index (χ4v) is 4.51. The highest BCUT2D eigenvalue weighted by Gasteiger charge is 2.29. The highest BCUT2D eigenvalue weighted by Crippen LogP contribution is 2.26. The fraction of sp³-hybridized carbons (Fsp3) is 0.409. The number of anilines is 1. The van der Waals surface area contributed by atoms with E-state index in [0.717, 1.165) is 30.0 Å². The van der Waals surface area contributed by atoms with E-state index in [0.29, 0.717) is 12.5 Å². The predicted octanol–water partition coefficient (Wildman–Crippen LogP) is 4.35. The number of hydrogen-bond acceptors (Lipinski definition) is 3. The molecule has 0 spiro atoms. The Morgan fingerprint density at radius 1 is 1.07 bits per heavy atom. The molecular formula is C22H29FN2O3S. The van der Waals surface area contributed by atoms with E-state index in [1.54, 1.807) is 24.3 Å². The SMILES string of the molecule is CCCC[C@H](CC)CNC(=O)CN(c1ccccc1F)S(=O)(=O)c1ccccc1. The smallest absolute Gasteiger partial charge is 0.264 e. The monoisotopic (exact) mass is 420 g/mol. The number of carbonyl (C=O) groups is 1. The lowest BCUT2D eigenvalue weighted by Crippen LogP contribution is -2.42. The van der Waals surface area contributed by atoms with Gasteiger partial charge in [-0.25, -0.2) is 12.8 Å². The van der Waals surface area contributed by atoms with Crippen LogP contribution in [0.25, 0.3) is 0 Å². The van der Waals surface area contributed by atoms with Crippen molar-refractivity contribution in [3.05, 3.63) is 60.4 Å². The van der Waals surface area contributed by atoms with Gasteiger partial charge in [-0.05, 0) is 36.6 Å². The lowest BCUT2D eigenvalue weighted by Gasteiger charge is -2.25. The van der Waals surface area contributed by atoms with Crippen LogP contribution in [0.3, 0.4) is 0 Å². The summed E-state index contributed by atoms with van der Waals surface area (Å²) in [7, 11) is -4.10. The molecule has 2 rings (SSSR count). The Morgan fingerprint density at radius 2 is 1.72 bits per heavy atom. The van der Waals surface area contributed by atoms with E-state index >= 15 is 0 Å². The van der Waals surface area contributed by atoms with Gasteiger partial charge in [0.2, 0.25) is 5.91 Å². The first-order chi connectivity index (χ1) is 13.9. The van der Waals surface area contributed by atoms with Gasteiger partial charge in [-0.3, -0.25) is 9.10 Å². The molecule has 0 radical (unpaired) electrons. The molecule has 0 aromatic heterocycles. The molecule has 0 saturated carbocycles. The van der Waals surface area contributed by atoms with Crippen molar-refractivity contribution in [3.63, 3.8) is 0 Å². The predicted molar refractivity (Wildman–Crippen MR) is 114 cm³/mol. The largest absolute Gasteiger partial charge is 0.354 e. The van der Waals surface area contributed by atoms with E-state index in [-0.39, 0.29) is 10.6 Å². The number of sulfonamides is 1. The number of amides is 1. The molecule has 0 aliphatic heterocycles. The maximum Gasteiger partial charge on any atom is 0.264 e. The van der Waals surface area contributed by atoms with Gasteiger partial charge in [-0.1, -0.05) is 63.4 Å². The second-order valence-corrected chi connectivity index (χ2v) is 8.86. The molecule has 0 unspecified atom stereocenters. The van der Waals surface area contributed by atoms with E-state index in [4.69, 9.17) is 0 Å². The third-order valence-electron chi connectivity index (χ3n) is 4.87. The van der Waals surface area contributed by atoms with Crippen LogP contribution in [0.2, 0.25) is 0 Å². The van der Waals surface area contributed by atoms with E-state index in [9.17, 15) is 17.6 Å². The van der Waals surface area contributed by atoms with Crippen LogP contribution < -0.4 is 9.62 Å². The molecule has 0 saturated heterocycles. The van der Waals surface area contributed by atoms with Crippen LogP contribution in [0, 0.1) is 11.7 Å². The molecule has 1 amide bonds. The number of nitrogens with zero attached hydrogens (tertiary/aromatic N) is 1. The van der Waals surface area contributed by atoms with Crippen molar-refractivity contribution in [1.82, 2.24) is 5.32 Å². The normalized spacial score (nSPS) is 12.4. The van der Waals surface area contributed by atoms with Crippen molar-refractivity contribution < 1.29 is 17.6 Å². The lowest BCUT2D eigenvalue weighted by molar-refractivity contribution is -0.119. The zero-order valence-corrected chi connectivity index (χ0v) is 17.8. The molecule has 0 heterocycles. The summed E-state index contributed by atoms with van der Waals surface area (Å²) in [5.74, 6) is -0.816. The van der Waals surface area contributed by atoms with Gasteiger partial charge in [0.1, 0.15) is 12.4 Å². The molecule has 1 N–H and O–H groups in total. The van der Waals surface area contributed by atoms with Crippen LogP contribution in [-0.2, 0) is 14.8 Å². The third kappa shape index (κ3) is 6.29.